The molecule has 0 aromatic carbocycles. The maximum absolute atomic E-state index is 12.8. The van der Waals surface area contributed by atoms with Gasteiger partial charge in [0, 0.05) is 42.6 Å². The maximum atomic E-state index is 12.8. The van der Waals surface area contributed by atoms with Gasteiger partial charge in [0.1, 0.15) is 0 Å². The van der Waals surface area contributed by atoms with E-state index < -0.39 is 10.2 Å². The smallest absolute Gasteiger partial charge is 0.195 e. The molecule has 112 valence electrons. The predicted octanol–water partition coefficient (Wildman–Crippen LogP) is 2.01. The zero-order chi connectivity index (χ0) is 14.0. The van der Waals surface area contributed by atoms with E-state index in [1.54, 1.807) is 8.61 Å². The van der Waals surface area contributed by atoms with Crippen LogP contribution in [0.25, 0.3) is 0 Å². The van der Waals surface area contributed by atoms with Gasteiger partial charge in [0.2, 0.25) is 0 Å². The Morgan fingerprint density at radius 1 is 1.32 bits per heavy atom. The first-order valence-electron chi connectivity index (χ1n) is 6.91. The molecule has 3 unspecified atom stereocenters. The van der Waals surface area contributed by atoms with Crippen molar-refractivity contribution < 1.29 is 8.42 Å². The summed E-state index contributed by atoms with van der Waals surface area (Å²) in [5.74, 6) is 1.74. The quantitative estimate of drug-likeness (QED) is 0.745. The minimum atomic E-state index is -3.32. The molecule has 0 aliphatic carbocycles. The van der Waals surface area contributed by atoms with Crippen LogP contribution in [-0.4, -0.2) is 59.6 Å². The summed E-state index contributed by atoms with van der Waals surface area (Å²) in [7, 11) is -3.32. The average molecular weight is 327 g/mol. The molecule has 2 aliphatic heterocycles. The van der Waals surface area contributed by atoms with E-state index in [0.717, 1.165) is 18.6 Å². The first-order valence-corrected chi connectivity index (χ1v) is 9.89. The van der Waals surface area contributed by atoms with Crippen LogP contribution in [0, 0.1) is 5.92 Å². The van der Waals surface area contributed by atoms with Crippen LogP contribution in [-0.2, 0) is 10.2 Å². The number of hydrogen-bond acceptors (Lipinski definition) is 3. The van der Waals surface area contributed by atoms with Crippen LogP contribution in [0.3, 0.4) is 0 Å². The summed E-state index contributed by atoms with van der Waals surface area (Å²) in [5.41, 5.74) is 0. The minimum Gasteiger partial charge on any atom is -0.195 e. The lowest BCUT2D eigenvalue weighted by Gasteiger charge is -2.41. The first-order chi connectivity index (χ1) is 8.96. The van der Waals surface area contributed by atoms with Gasteiger partial charge in [0.05, 0.1) is 0 Å². The Balaban J connectivity index is 2.12. The topological polar surface area (TPSA) is 40.6 Å². The molecule has 0 aromatic heterocycles. The Kier molecular flexibility index (Phi) is 5.45. The Labute approximate surface area is 126 Å². The highest BCUT2D eigenvalue weighted by molar-refractivity contribution is 8.00. The van der Waals surface area contributed by atoms with Crippen molar-refractivity contribution >= 4 is 33.6 Å². The highest BCUT2D eigenvalue weighted by Gasteiger charge is 2.39. The van der Waals surface area contributed by atoms with E-state index >= 15 is 0 Å². The number of hydrogen-bond donors (Lipinski definition) is 0. The lowest BCUT2D eigenvalue weighted by atomic mass is 10.0. The van der Waals surface area contributed by atoms with Crippen LogP contribution >= 0.6 is 23.4 Å². The van der Waals surface area contributed by atoms with E-state index in [1.165, 1.54) is 0 Å². The molecule has 0 spiro atoms. The summed E-state index contributed by atoms with van der Waals surface area (Å²) in [4.78, 5) is 0. The van der Waals surface area contributed by atoms with Crippen molar-refractivity contribution in [1.82, 2.24) is 8.61 Å². The fraction of sp³-hybridized carbons (Fsp3) is 1.00. The number of piperidine rings is 1. The van der Waals surface area contributed by atoms with Crippen LogP contribution in [0.4, 0.5) is 0 Å². The molecule has 2 rings (SSSR count). The Morgan fingerprint density at radius 3 is 2.74 bits per heavy atom. The molecular formula is C12H23ClN2O2S2. The summed E-state index contributed by atoms with van der Waals surface area (Å²) in [6.45, 7) is 5.96. The fourth-order valence-corrected chi connectivity index (χ4v) is 6.27. The monoisotopic (exact) mass is 326 g/mol. The summed E-state index contributed by atoms with van der Waals surface area (Å²) in [6, 6.07) is 0.0696. The Hall–Kier alpha value is 0.510. The predicted molar refractivity (Wildman–Crippen MR) is 82.0 cm³/mol. The van der Waals surface area contributed by atoms with Crippen molar-refractivity contribution in [2.45, 2.75) is 38.0 Å². The molecule has 0 amide bonds. The van der Waals surface area contributed by atoms with E-state index in [-0.39, 0.29) is 6.04 Å². The van der Waals surface area contributed by atoms with Gasteiger partial charge in [-0.3, -0.25) is 0 Å². The SMILES string of the molecule is CC1SCCN(S(=O)(=O)N2CCCC(CCl)C2)C1C. The molecule has 7 heteroatoms. The summed E-state index contributed by atoms with van der Waals surface area (Å²) >= 11 is 7.75. The molecule has 0 radical (unpaired) electrons. The van der Waals surface area contributed by atoms with Gasteiger partial charge in [-0.15, -0.1) is 11.6 Å². The van der Waals surface area contributed by atoms with Crippen molar-refractivity contribution in [3.8, 4) is 0 Å². The van der Waals surface area contributed by atoms with Gasteiger partial charge in [-0.05, 0) is 25.7 Å². The first kappa shape index (κ1) is 15.9. The summed E-state index contributed by atoms with van der Waals surface area (Å²) < 4.78 is 28.8. The van der Waals surface area contributed by atoms with E-state index in [2.05, 4.69) is 6.92 Å². The molecule has 0 N–H and O–H groups in total. The third-order valence-electron chi connectivity index (χ3n) is 4.15. The molecule has 19 heavy (non-hydrogen) atoms. The highest BCUT2D eigenvalue weighted by atomic mass is 35.5. The molecule has 2 heterocycles. The normalized spacial score (nSPS) is 35.4. The van der Waals surface area contributed by atoms with E-state index in [1.807, 2.05) is 18.7 Å². The molecule has 4 nitrogen and oxygen atoms in total. The zero-order valence-electron chi connectivity index (χ0n) is 11.6. The Bertz CT molecular complexity index is 405. The number of halogens is 1. The summed E-state index contributed by atoms with van der Waals surface area (Å²) in [6.07, 6.45) is 1.96. The largest absolute Gasteiger partial charge is 0.282 e. The second kappa shape index (κ2) is 6.52. The van der Waals surface area contributed by atoms with Crippen LogP contribution in [0.5, 0.6) is 0 Å². The third-order valence-corrected chi connectivity index (χ3v) is 8.02. The van der Waals surface area contributed by atoms with Crippen LogP contribution in [0.2, 0.25) is 0 Å². The molecular weight excluding hydrogens is 304 g/mol. The van der Waals surface area contributed by atoms with Crippen molar-refractivity contribution in [2.24, 2.45) is 5.92 Å². The van der Waals surface area contributed by atoms with Crippen LogP contribution < -0.4 is 0 Å². The second-order valence-corrected chi connectivity index (χ2v) is 9.13. The van der Waals surface area contributed by atoms with E-state index in [9.17, 15) is 8.42 Å². The minimum absolute atomic E-state index is 0.0696. The van der Waals surface area contributed by atoms with E-state index in [0.29, 0.717) is 36.7 Å². The number of thioether (sulfide) groups is 1. The van der Waals surface area contributed by atoms with Crippen molar-refractivity contribution in [3.63, 3.8) is 0 Å². The van der Waals surface area contributed by atoms with Crippen LogP contribution in [0.15, 0.2) is 0 Å². The van der Waals surface area contributed by atoms with Gasteiger partial charge < -0.3 is 0 Å². The van der Waals surface area contributed by atoms with Crippen molar-refractivity contribution in [3.05, 3.63) is 0 Å². The van der Waals surface area contributed by atoms with Gasteiger partial charge in [0.25, 0.3) is 10.2 Å². The van der Waals surface area contributed by atoms with Gasteiger partial charge in [-0.1, -0.05) is 6.92 Å². The zero-order valence-corrected chi connectivity index (χ0v) is 14.0. The molecule has 2 saturated heterocycles. The number of nitrogens with zero attached hydrogens (tertiary/aromatic N) is 2. The molecule has 2 fully saturated rings. The third kappa shape index (κ3) is 3.40. The highest BCUT2D eigenvalue weighted by Crippen LogP contribution is 2.29. The molecule has 2 aliphatic rings. The second-order valence-electron chi connectivity index (χ2n) is 5.46. The van der Waals surface area contributed by atoms with Gasteiger partial charge in [0.15, 0.2) is 0 Å². The lowest BCUT2D eigenvalue weighted by Crippen LogP contribution is -2.55. The standard InChI is InChI=1S/C12H23ClN2O2S2/c1-10-11(2)18-7-6-15(10)19(16,17)14-5-3-4-12(8-13)9-14/h10-12H,3-9H2,1-2H3. The molecule has 0 bridgehead atoms. The molecule has 3 atom stereocenters. The van der Waals surface area contributed by atoms with Gasteiger partial charge >= 0.3 is 0 Å². The Morgan fingerprint density at radius 2 is 2.05 bits per heavy atom. The van der Waals surface area contributed by atoms with E-state index in [4.69, 9.17) is 11.6 Å². The lowest BCUT2D eigenvalue weighted by molar-refractivity contribution is 0.245. The number of alkyl halides is 1. The summed E-state index contributed by atoms with van der Waals surface area (Å²) in [5, 5.41) is 0.358. The number of rotatable bonds is 3. The van der Waals surface area contributed by atoms with Crippen LogP contribution in [0.1, 0.15) is 26.7 Å². The van der Waals surface area contributed by atoms with Crippen molar-refractivity contribution in [1.29, 1.82) is 0 Å². The molecule has 0 aromatic rings. The van der Waals surface area contributed by atoms with Crippen molar-refractivity contribution in [2.75, 3.05) is 31.3 Å². The fourth-order valence-electron chi connectivity index (χ4n) is 2.74. The molecule has 0 saturated carbocycles. The maximum Gasteiger partial charge on any atom is 0.282 e. The van der Waals surface area contributed by atoms with Gasteiger partial charge in [-0.2, -0.15) is 28.8 Å². The van der Waals surface area contributed by atoms with Gasteiger partial charge in [-0.25, -0.2) is 0 Å². The average Bonchev–Trinajstić information content (AvgIpc) is 2.41.